The minimum atomic E-state index is -0.0838. The lowest BCUT2D eigenvalue weighted by atomic mass is 10.1. The molecule has 2 aromatic heterocycles. The summed E-state index contributed by atoms with van der Waals surface area (Å²) in [4.78, 5) is 7.33. The molecule has 7 heteroatoms. The third-order valence-corrected chi connectivity index (χ3v) is 7.06. The first-order chi connectivity index (χ1) is 18.1. The zero-order valence-electron chi connectivity index (χ0n) is 21.2. The van der Waals surface area contributed by atoms with Crippen LogP contribution in [0.3, 0.4) is 0 Å². The second-order valence-corrected chi connectivity index (χ2v) is 10.0. The highest BCUT2D eigenvalue weighted by Crippen LogP contribution is 2.32. The molecule has 0 fully saturated rings. The predicted octanol–water partition coefficient (Wildman–Crippen LogP) is 5.93. The third kappa shape index (κ3) is 5.13. The molecule has 4 heterocycles. The van der Waals surface area contributed by atoms with Crippen molar-refractivity contribution in [3.8, 4) is 17.3 Å². The number of benzene rings is 2. The van der Waals surface area contributed by atoms with Crippen LogP contribution < -0.4 is 10.1 Å². The highest BCUT2D eigenvalue weighted by atomic mass is 16.5. The summed E-state index contributed by atoms with van der Waals surface area (Å²) in [6.07, 6.45) is 3.03. The van der Waals surface area contributed by atoms with Gasteiger partial charge in [0.05, 0.1) is 0 Å². The minimum absolute atomic E-state index is 0.0838. The van der Waals surface area contributed by atoms with Crippen molar-refractivity contribution in [3.05, 3.63) is 95.8 Å². The van der Waals surface area contributed by atoms with Crippen molar-refractivity contribution in [1.29, 1.82) is 0 Å². The molecule has 188 valence electrons. The van der Waals surface area contributed by atoms with Gasteiger partial charge in [0, 0.05) is 49.4 Å². The van der Waals surface area contributed by atoms with Crippen LogP contribution in [-0.2, 0) is 19.5 Å². The number of ether oxygens (including phenoxy) is 1. The molecule has 0 aliphatic carbocycles. The molecule has 1 atom stereocenters. The van der Waals surface area contributed by atoms with E-state index >= 15 is 0 Å². The maximum Gasteiger partial charge on any atom is 0.220 e. The molecule has 2 aliphatic heterocycles. The summed E-state index contributed by atoms with van der Waals surface area (Å²) in [6, 6.07) is 22.9. The molecule has 1 N–H and O–H groups in total. The van der Waals surface area contributed by atoms with Gasteiger partial charge in [0.2, 0.25) is 5.88 Å². The van der Waals surface area contributed by atoms with Crippen LogP contribution in [0.15, 0.2) is 78.9 Å². The van der Waals surface area contributed by atoms with E-state index in [1.165, 1.54) is 5.57 Å². The molecule has 0 spiro atoms. The highest BCUT2D eigenvalue weighted by Gasteiger charge is 2.25. The summed E-state index contributed by atoms with van der Waals surface area (Å²) in [6.45, 7) is 9.72. The average molecular weight is 493 g/mol. The molecule has 37 heavy (non-hydrogen) atoms. The number of hydrogen-bond donors (Lipinski definition) is 1. The topological polar surface area (TPSA) is 68.1 Å². The summed E-state index contributed by atoms with van der Waals surface area (Å²) in [5.74, 6) is 3.47. The number of hydrogen-bond acceptors (Lipinski definition) is 6. The minimum Gasteiger partial charge on any atom is -0.468 e. The summed E-state index contributed by atoms with van der Waals surface area (Å²) >= 11 is 0. The Morgan fingerprint density at radius 2 is 1.89 bits per heavy atom. The Morgan fingerprint density at radius 3 is 2.70 bits per heavy atom. The van der Waals surface area contributed by atoms with E-state index in [0.29, 0.717) is 5.88 Å². The molecule has 4 aromatic rings. The van der Waals surface area contributed by atoms with E-state index in [0.717, 1.165) is 85.3 Å². The van der Waals surface area contributed by atoms with Crippen molar-refractivity contribution in [2.75, 3.05) is 18.4 Å². The van der Waals surface area contributed by atoms with Gasteiger partial charge in [-0.25, -0.2) is 0 Å². The van der Waals surface area contributed by atoms with Crippen molar-refractivity contribution in [2.45, 2.75) is 45.4 Å². The number of fused-ring (bicyclic) bond motifs is 2. The van der Waals surface area contributed by atoms with E-state index < -0.39 is 0 Å². The largest absolute Gasteiger partial charge is 0.468 e. The SMILES string of the molecule is C=C(C)CCN1Cc2ccc(Nc3ccc(-c4nnc5n4CCC5)cc3)nc2OC(c2ccccc2)C1. The highest BCUT2D eigenvalue weighted by molar-refractivity contribution is 5.64. The van der Waals surface area contributed by atoms with Crippen molar-refractivity contribution in [3.63, 3.8) is 0 Å². The van der Waals surface area contributed by atoms with E-state index in [4.69, 9.17) is 9.72 Å². The molecule has 2 aliphatic rings. The number of pyridine rings is 1. The fraction of sp³-hybridized carbons (Fsp3) is 0.300. The standard InChI is InChI=1S/C30H32N6O/c1-21(2)16-18-35-19-24-12-15-27(32-30(24)37-26(20-35)22-7-4-3-5-8-22)31-25-13-10-23(11-14-25)29-34-33-28-9-6-17-36(28)29/h3-5,7-8,10-15,26H,1,6,9,16-20H2,2H3,(H,31,32). The molecule has 0 saturated carbocycles. The Kier molecular flexibility index (Phi) is 6.45. The first-order valence-corrected chi connectivity index (χ1v) is 13.0. The lowest BCUT2D eigenvalue weighted by molar-refractivity contribution is 0.145. The van der Waals surface area contributed by atoms with Gasteiger partial charge in [-0.15, -0.1) is 16.8 Å². The Bertz CT molecular complexity index is 1400. The van der Waals surface area contributed by atoms with Gasteiger partial charge >= 0.3 is 0 Å². The second-order valence-electron chi connectivity index (χ2n) is 10.0. The first-order valence-electron chi connectivity index (χ1n) is 13.0. The van der Waals surface area contributed by atoms with Gasteiger partial charge in [-0.3, -0.25) is 4.90 Å². The van der Waals surface area contributed by atoms with Gasteiger partial charge in [0.25, 0.3) is 0 Å². The smallest absolute Gasteiger partial charge is 0.220 e. The number of rotatable bonds is 7. The van der Waals surface area contributed by atoms with Crippen molar-refractivity contribution >= 4 is 11.5 Å². The van der Waals surface area contributed by atoms with Crippen LogP contribution in [0.2, 0.25) is 0 Å². The van der Waals surface area contributed by atoms with E-state index in [9.17, 15) is 0 Å². The third-order valence-electron chi connectivity index (χ3n) is 7.06. The van der Waals surface area contributed by atoms with E-state index in [1.54, 1.807) is 0 Å². The molecule has 6 rings (SSSR count). The molecule has 0 saturated heterocycles. The normalized spacial score (nSPS) is 16.9. The van der Waals surface area contributed by atoms with E-state index in [1.807, 2.05) is 12.1 Å². The predicted molar refractivity (Wildman–Crippen MR) is 146 cm³/mol. The van der Waals surface area contributed by atoms with Gasteiger partial charge < -0.3 is 14.6 Å². The van der Waals surface area contributed by atoms with Crippen molar-refractivity contribution < 1.29 is 4.74 Å². The fourth-order valence-electron chi connectivity index (χ4n) is 5.05. The Hall–Kier alpha value is -3.97. The summed E-state index contributed by atoms with van der Waals surface area (Å²) in [7, 11) is 0. The summed E-state index contributed by atoms with van der Waals surface area (Å²) in [5.41, 5.74) is 5.49. The Labute approximate surface area is 217 Å². The Morgan fingerprint density at radius 1 is 1.05 bits per heavy atom. The van der Waals surface area contributed by atoms with Gasteiger partial charge in [-0.05, 0) is 61.7 Å². The van der Waals surface area contributed by atoms with Crippen molar-refractivity contribution in [1.82, 2.24) is 24.6 Å². The van der Waals surface area contributed by atoms with Crippen LogP contribution in [0, 0.1) is 0 Å². The van der Waals surface area contributed by atoms with Gasteiger partial charge in [-0.2, -0.15) is 4.98 Å². The quantitative estimate of drug-likeness (QED) is 0.323. The zero-order valence-corrected chi connectivity index (χ0v) is 21.2. The van der Waals surface area contributed by atoms with Crippen LogP contribution in [0.4, 0.5) is 11.5 Å². The zero-order chi connectivity index (χ0) is 25.2. The first kappa shape index (κ1) is 23.4. The summed E-state index contributed by atoms with van der Waals surface area (Å²) < 4.78 is 8.75. The van der Waals surface area contributed by atoms with Crippen LogP contribution in [0.25, 0.3) is 11.4 Å². The number of aromatic nitrogens is 4. The number of aryl methyl sites for hydroxylation is 1. The molecule has 0 radical (unpaired) electrons. The molecular weight excluding hydrogens is 460 g/mol. The van der Waals surface area contributed by atoms with E-state index in [-0.39, 0.29) is 6.10 Å². The number of anilines is 2. The molecular formula is C30H32N6O. The fourth-order valence-corrected chi connectivity index (χ4v) is 5.05. The van der Waals surface area contributed by atoms with Crippen LogP contribution in [0.5, 0.6) is 5.88 Å². The van der Waals surface area contributed by atoms with Gasteiger partial charge in [0.1, 0.15) is 17.7 Å². The van der Waals surface area contributed by atoms with Crippen LogP contribution in [-0.4, -0.2) is 37.7 Å². The monoisotopic (exact) mass is 492 g/mol. The van der Waals surface area contributed by atoms with Crippen LogP contribution in [0.1, 0.15) is 42.8 Å². The lowest BCUT2D eigenvalue weighted by Crippen LogP contribution is -2.29. The number of nitrogens with zero attached hydrogens (tertiary/aromatic N) is 5. The second kappa shape index (κ2) is 10.2. The molecule has 7 nitrogen and oxygen atoms in total. The molecule has 2 aromatic carbocycles. The van der Waals surface area contributed by atoms with Crippen molar-refractivity contribution in [2.24, 2.45) is 0 Å². The van der Waals surface area contributed by atoms with E-state index in [2.05, 4.69) is 93.1 Å². The average Bonchev–Trinajstić information content (AvgIpc) is 3.48. The Balaban J connectivity index is 1.22. The summed E-state index contributed by atoms with van der Waals surface area (Å²) in [5, 5.41) is 12.2. The molecule has 0 amide bonds. The van der Waals surface area contributed by atoms with Gasteiger partial charge in [-0.1, -0.05) is 35.9 Å². The molecule has 0 bridgehead atoms. The maximum absolute atomic E-state index is 6.54. The lowest BCUT2D eigenvalue weighted by Gasteiger charge is -2.24. The number of nitrogens with one attached hydrogen (secondary N) is 1. The maximum atomic E-state index is 6.54. The van der Waals surface area contributed by atoms with Gasteiger partial charge in [0.15, 0.2) is 5.82 Å². The van der Waals surface area contributed by atoms with Crippen LogP contribution >= 0.6 is 0 Å². The molecule has 1 unspecified atom stereocenters.